The number of hydrogen-bond donors (Lipinski definition) is 2. The maximum atomic E-state index is 11.3. The molecule has 0 bridgehead atoms. The summed E-state index contributed by atoms with van der Waals surface area (Å²) in [6.07, 6.45) is 0. The minimum atomic E-state index is -0.749. The van der Waals surface area contributed by atoms with E-state index in [-0.39, 0.29) is 12.5 Å². The second-order valence-electron chi connectivity index (χ2n) is 11.3. The number of nitrogens with zero attached hydrogens (tertiary/aromatic N) is 2. The molecule has 3 aliphatic heterocycles. The standard InChI is InChI=1S/C13H17NO2S.C12H15NO2S.C10H13NOS/c1-10-3-4-12-11(7-10)8-14(5-6-17-12)9-13(15)16-2;1-9-2-3-11-10(6-9)7-13(4-5-16-11)8-12(14)15;1-12-9-2-3-10-8(6-9)7-11-4-5-13-10/h3-4,7H,5-6,8-9H2,1-2H3;2-3,6H,4-5,7-8H2,1H3,(H,14,15);2-3,6,11H,4-5,7H2,1H3. The number of fused-ring (bicyclic) bond motifs is 3. The van der Waals surface area contributed by atoms with Gasteiger partial charge in [-0.15, -0.1) is 35.3 Å². The van der Waals surface area contributed by atoms with Crippen LogP contribution in [-0.4, -0.2) is 91.0 Å². The number of methoxy groups -OCH3 is 2. The maximum absolute atomic E-state index is 11.3. The fraction of sp³-hybridized carbons (Fsp3) is 0.429. The quantitative estimate of drug-likeness (QED) is 0.313. The number of carboxylic acids is 1. The van der Waals surface area contributed by atoms with Gasteiger partial charge < -0.3 is 19.9 Å². The number of carboxylic acid groups (broad SMARTS) is 1. The first-order chi connectivity index (χ1) is 22.2. The molecule has 6 rings (SSSR count). The summed E-state index contributed by atoms with van der Waals surface area (Å²) in [7, 11) is 3.14. The minimum absolute atomic E-state index is 0.133. The molecule has 46 heavy (non-hydrogen) atoms. The fourth-order valence-electron chi connectivity index (χ4n) is 5.28. The van der Waals surface area contributed by atoms with Crippen LogP contribution in [0.1, 0.15) is 27.8 Å². The number of aliphatic carboxylic acids is 1. The van der Waals surface area contributed by atoms with E-state index in [1.807, 2.05) is 46.3 Å². The molecule has 0 aliphatic carbocycles. The van der Waals surface area contributed by atoms with Crippen molar-refractivity contribution in [2.45, 2.75) is 48.2 Å². The van der Waals surface area contributed by atoms with Crippen LogP contribution < -0.4 is 10.1 Å². The highest BCUT2D eigenvalue weighted by Gasteiger charge is 2.18. The third-order valence-corrected chi connectivity index (χ3v) is 10.9. The van der Waals surface area contributed by atoms with Crippen LogP contribution in [-0.2, 0) is 34.0 Å². The smallest absolute Gasteiger partial charge is 0.319 e. The zero-order chi connectivity index (χ0) is 32.9. The van der Waals surface area contributed by atoms with Gasteiger partial charge in [-0.3, -0.25) is 19.4 Å². The molecule has 11 heteroatoms. The first kappa shape index (κ1) is 36.2. The van der Waals surface area contributed by atoms with E-state index in [0.717, 1.165) is 62.3 Å². The van der Waals surface area contributed by atoms with Crippen LogP contribution in [0.5, 0.6) is 5.75 Å². The van der Waals surface area contributed by atoms with Crippen molar-refractivity contribution in [3.8, 4) is 5.75 Å². The second-order valence-corrected chi connectivity index (χ2v) is 14.7. The van der Waals surface area contributed by atoms with Gasteiger partial charge in [-0.25, -0.2) is 0 Å². The molecule has 0 radical (unpaired) electrons. The van der Waals surface area contributed by atoms with E-state index in [1.54, 1.807) is 7.11 Å². The Morgan fingerprint density at radius 2 is 1.30 bits per heavy atom. The SMILES string of the molecule is COC(=O)CN1CCSc2ccc(C)cc2C1.COc1ccc2c(c1)CNCCS2.Cc1ccc2c(c1)CN(CC(=O)O)CCS2. The lowest BCUT2D eigenvalue weighted by Crippen LogP contribution is -2.31. The van der Waals surface area contributed by atoms with E-state index < -0.39 is 5.97 Å². The van der Waals surface area contributed by atoms with Gasteiger partial charge in [0.2, 0.25) is 0 Å². The molecule has 0 saturated heterocycles. The Morgan fingerprint density at radius 3 is 1.87 bits per heavy atom. The summed E-state index contributed by atoms with van der Waals surface area (Å²) in [4.78, 5) is 30.1. The van der Waals surface area contributed by atoms with Crippen molar-refractivity contribution in [2.75, 3.05) is 64.2 Å². The number of benzene rings is 3. The molecular weight excluding hydrogens is 639 g/mol. The van der Waals surface area contributed by atoms with Crippen LogP contribution in [0.25, 0.3) is 0 Å². The van der Waals surface area contributed by atoms with Crippen molar-refractivity contribution < 1.29 is 24.2 Å². The van der Waals surface area contributed by atoms with E-state index in [2.05, 4.69) is 72.6 Å². The summed E-state index contributed by atoms with van der Waals surface area (Å²) < 4.78 is 9.90. The molecular formula is C35H45N3O5S3. The number of thioether (sulfide) groups is 3. The molecule has 3 aromatic rings. The van der Waals surface area contributed by atoms with Crippen LogP contribution in [0, 0.1) is 13.8 Å². The molecule has 0 unspecified atom stereocenters. The van der Waals surface area contributed by atoms with Crippen molar-refractivity contribution in [1.29, 1.82) is 0 Å². The summed E-state index contributed by atoms with van der Waals surface area (Å²) in [5.74, 6) is 3.17. The van der Waals surface area contributed by atoms with Crippen molar-refractivity contribution in [3.05, 3.63) is 82.4 Å². The van der Waals surface area contributed by atoms with Crippen molar-refractivity contribution in [3.63, 3.8) is 0 Å². The summed E-state index contributed by atoms with van der Waals surface area (Å²) >= 11 is 5.59. The van der Waals surface area contributed by atoms with Gasteiger partial charge >= 0.3 is 11.9 Å². The van der Waals surface area contributed by atoms with E-state index >= 15 is 0 Å². The highest BCUT2D eigenvalue weighted by molar-refractivity contribution is 7.99. The zero-order valence-corrected chi connectivity index (χ0v) is 29.6. The number of nitrogens with one attached hydrogen (secondary N) is 1. The predicted octanol–water partition coefficient (Wildman–Crippen LogP) is 5.95. The van der Waals surface area contributed by atoms with E-state index in [1.165, 1.54) is 49.6 Å². The van der Waals surface area contributed by atoms with Crippen molar-refractivity contribution >= 4 is 47.2 Å². The Morgan fingerprint density at radius 1 is 0.761 bits per heavy atom. The van der Waals surface area contributed by atoms with Crippen LogP contribution in [0.15, 0.2) is 69.3 Å². The highest BCUT2D eigenvalue weighted by Crippen LogP contribution is 2.30. The number of aryl methyl sites for hydroxylation is 2. The lowest BCUT2D eigenvalue weighted by molar-refractivity contribution is -0.142. The van der Waals surface area contributed by atoms with Gasteiger partial charge in [-0.1, -0.05) is 35.4 Å². The van der Waals surface area contributed by atoms with Crippen LogP contribution in [0.4, 0.5) is 0 Å². The molecule has 0 spiro atoms. The van der Waals surface area contributed by atoms with Crippen molar-refractivity contribution in [2.24, 2.45) is 0 Å². The summed E-state index contributed by atoms with van der Waals surface area (Å²) in [6.45, 7) is 10.1. The Labute approximate surface area is 286 Å². The van der Waals surface area contributed by atoms with Crippen LogP contribution in [0.2, 0.25) is 0 Å². The van der Waals surface area contributed by atoms with Gasteiger partial charge in [-0.05, 0) is 60.9 Å². The predicted molar refractivity (Wildman–Crippen MR) is 189 cm³/mol. The normalized spacial score (nSPS) is 16.3. The zero-order valence-electron chi connectivity index (χ0n) is 27.2. The summed E-state index contributed by atoms with van der Waals surface area (Å²) in [5.41, 5.74) is 6.42. The molecule has 0 aromatic heterocycles. The van der Waals surface area contributed by atoms with E-state index in [4.69, 9.17) is 14.6 Å². The van der Waals surface area contributed by atoms with Crippen LogP contribution >= 0.6 is 35.3 Å². The van der Waals surface area contributed by atoms with Gasteiger partial charge in [0.1, 0.15) is 5.75 Å². The fourth-order valence-corrected chi connectivity index (χ4v) is 8.31. The first-order valence-corrected chi connectivity index (χ1v) is 18.4. The molecule has 2 N–H and O–H groups in total. The molecule has 3 aromatic carbocycles. The number of ether oxygens (including phenoxy) is 2. The number of rotatable bonds is 5. The van der Waals surface area contributed by atoms with Gasteiger partial charge in [0.05, 0.1) is 27.3 Å². The molecule has 3 heterocycles. The molecule has 0 atom stereocenters. The van der Waals surface area contributed by atoms with E-state index in [0.29, 0.717) is 6.54 Å². The summed E-state index contributed by atoms with van der Waals surface area (Å²) in [6, 6.07) is 19.2. The maximum Gasteiger partial charge on any atom is 0.319 e. The third kappa shape index (κ3) is 11.5. The molecule has 0 saturated carbocycles. The lowest BCUT2D eigenvalue weighted by Gasteiger charge is -2.18. The van der Waals surface area contributed by atoms with Gasteiger partial charge in [0, 0.05) is 71.2 Å². The largest absolute Gasteiger partial charge is 0.497 e. The second kappa shape index (κ2) is 18.6. The van der Waals surface area contributed by atoms with Crippen LogP contribution in [0.3, 0.4) is 0 Å². The topological polar surface area (TPSA) is 91.3 Å². The number of hydrogen-bond acceptors (Lipinski definition) is 10. The Bertz CT molecular complexity index is 1470. The first-order valence-electron chi connectivity index (χ1n) is 15.4. The number of carbonyl (C=O) groups excluding carboxylic acids is 1. The Kier molecular flexibility index (Phi) is 14.6. The minimum Gasteiger partial charge on any atom is -0.497 e. The molecule has 0 fully saturated rings. The number of esters is 1. The lowest BCUT2D eigenvalue weighted by atomic mass is 10.1. The Balaban J connectivity index is 0.000000158. The molecule has 0 amide bonds. The molecule has 3 aliphatic rings. The number of carbonyl (C=O) groups is 2. The summed E-state index contributed by atoms with van der Waals surface area (Å²) in [5, 5.41) is 12.2. The highest BCUT2D eigenvalue weighted by atomic mass is 32.2. The monoisotopic (exact) mass is 683 g/mol. The molecule has 8 nitrogen and oxygen atoms in total. The van der Waals surface area contributed by atoms with Gasteiger partial charge in [0.15, 0.2) is 0 Å². The average molecular weight is 684 g/mol. The van der Waals surface area contributed by atoms with E-state index in [9.17, 15) is 9.59 Å². The average Bonchev–Trinajstić information content (AvgIpc) is 3.48. The molecule has 248 valence electrons. The Hall–Kier alpha value is -2.67. The van der Waals surface area contributed by atoms with Gasteiger partial charge in [0.25, 0.3) is 0 Å². The van der Waals surface area contributed by atoms with Crippen molar-refractivity contribution in [1.82, 2.24) is 15.1 Å². The van der Waals surface area contributed by atoms with Gasteiger partial charge in [-0.2, -0.15) is 0 Å². The third-order valence-electron chi connectivity index (χ3n) is 7.61.